The first-order valence-electron chi connectivity index (χ1n) is 4.48. The van der Waals surface area contributed by atoms with Crippen molar-refractivity contribution in [2.45, 2.75) is 19.9 Å². The first-order valence-corrected chi connectivity index (χ1v) is 4.48. The van der Waals surface area contributed by atoms with Crippen molar-refractivity contribution < 1.29 is 4.79 Å². The van der Waals surface area contributed by atoms with Gasteiger partial charge in [0.25, 0.3) is 0 Å². The topological polar surface area (TPSA) is 29.1 Å². The molecule has 72 valence electrons. The third-order valence-electron chi connectivity index (χ3n) is 1.87. The van der Waals surface area contributed by atoms with Gasteiger partial charge in [-0.15, -0.1) is 6.42 Å². The van der Waals surface area contributed by atoms with E-state index in [2.05, 4.69) is 11.2 Å². The van der Waals surface area contributed by atoms with Crippen molar-refractivity contribution in [3.8, 4) is 12.3 Å². The highest BCUT2D eigenvalue weighted by Crippen LogP contribution is 2.02. The van der Waals surface area contributed by atoms with Crippen LogP contribution in [0, 0.1) is 19.3 Å². The lowest BCUT2D eigenvalue weighted by Gasteiger charge is -2.03. The summed E-state index contributed by atoms with van der Waals surface area (Å²) in [5.41, 5.74) is 2.30. The fraction of sp³-hybridized carbons (Fsp3) is 0.250. The van der Waals surface area contributed by atoms with Crippen LogP contribution >= 0.6 is 0 Å². The fourth-order valence-corrected chi connectivity index (χ4v) is 1.06. The van der Waals surface area contributed by atoms with Gasteiger partial charge >= 0.3 is 0 Å². The van der Waals surface area contributed by atoms with Crippen LogP contribution in [0.3, 0.4) is 0 Å². The normalized spacial score (nSPS) is 9.14. The Labute approximate surface area is 84.3 Å². The lowest BCUT2D eigenvalue weighted by molar-refractivity contribution is -0.120. The minimum absolute atomic E-state index is 0.104. The van der Waals surface area contributed by atoms with E-state index >= 15 is 0 Å². The summed E-state index contributed by atoms with van der Waals surface area (Å²) in [6, 6.07) is 8.02. The molecule has 0 heterocycles. The van der Waals surface area contributed by atoms with Gasteiger partial charge in [0.05, 0.1) is 6.42 Å². The van der Waals surface area contributed by atoms with E-state index in [0.717, 1.165) is 5.56 Å². The van der Waals surface area contributed by atoms with Crippen LogP contribution in [0.5, 0.6) is 0 Å². The van der Waals surface area contributed by atoms with Crippen LogP contribution in [0.4, 0.5) is 0 Å². The van der Waals surface area contributed by atoms with Gasteiger partial charge in [-0.05, 0) is 12.5 Å². The molecule has 2 nitrogen and oxygen atoms in total. The Morgan fingerprint density at radius 2 is 2.07 bits per heavy atom. The molecule has 1 N–H and O–H groups in total. The van der Waals surface area contributed by atoms with Crippen molar-refractivity contribution in [2.75, 3.05) is 0 Å². The largest absolute Gasteiger partial charge is 0.351 e. The molecule has 0 aliphatic rings. The minimum Gasteiger partial charge on any atom is -0.351 e. The van der Waals surface area contributed by atoms with Crippen LogP contribution in [0.2, 0.25) is 0 Å². The highest BCUT2D eigenvalue weighted by Gasteiger charge is 1.97. The molecular formula is C12H13NO. The predicted molar refractivity (Wildman–Crippen MR) is 56.5 cm³/mol. The molecule has 1 aromatic carbocycles. The number of nitrogens with one attached hydrogen (secondary N) is 1. The second-order valence-corrected chi connectivity index (χ2v) is 3.14. The van der Waals surface area contributed by atoms with E-state index < -0.39 is 0 Å². The van der Waals surface area contributed by atoms with Crippen molar-refractivity contribution in [3.05, 3.63) is 35.4 Å². The molecule has 0 unspecified atom stereocenters. The molecule has 0 saturated heterocycles. The number of hydrogen-bond donors (Lipinski definition) is 1. The predicted octanol–water partition coefficient (Wildman–Crippen LogP) is 1.63. The molecule has 0 radical (unpaired) electrons. The van der Waals surface area contributed by atoms with E-state index in [0.29, 0.717) is 6.54 Å². The summed E-state index contributed by atoms with van der Waals surface area (Å²) in [6.07, 6.45) is 5.15. The molecule has 0 aliphatic heterocycles. The molecule has 2 heteroatoms. The SMILES string of the molecule is C#CCC(=O)NCc1ccc(C)cc1. The number of terminal acetylenes is 1. The van der Waals surface area contributed by atoms with Crippen LogP contribution in [-0.4, -0.2) is 5.91 Å². The molecule has 1 aromatic rings. The average Bonchev–Trinajstić information content (AvgIpc) is 2.17. The number of aryl methyl sites for hydroxylation is 1. The van der Waals surface area contributed by atoms with E-state index in [9.17, 15) is 4.79 Å². The van der Waals surface area contributed by atoms with Crippen LogP contribution in [0.15, 0.2) is 24.3 Å². The van der Waals surface area contributed by atoms with Crippen molar-refractivity contribution in [1.82, 2.24) is 5.32 Å². The first-order chi connectivity index (χ1) is 6.72. The number of hydrogen-bond acceptors (Lipinski definition) is 1. The van der Waals surface area contributed by atoms with Gasteiger partial charge in [-0.1, -0.05) is 35.7 Å². The Hall–Kier alpha value is -1.75. The van der Waals surface area contributed by atoms with Gasteiger partial charge in [0.15, 0.2) is 0 Å². The summed E-state index contributed by atoms with van der Waals surface area (Å²) in [5, 5.41) is 2.74. The molecule has 0 fully saturated rings. The molecule has 0 atom stereocenters. The van der Waals surface area contributed by atoms with Crippen LogP contribution < -0.4 is 5.32 Å². The molecule has 0 saturated carbocycles. The number of carbonyl (C=O) groups is 1. The number of rotatable bonds is 3. The number of benzene rings is 1. The zero-order valence-electron chi connectivity index (χ0n) is 8.21. The maximum absolute atomic E-state index is 11.0. The van der Waals surface area contributed by atoms with Gasteiger partial charge in [-0.3, -0.25) is 4.79 Å². The van der Waals surface area contributed by atoms with Gasteiger partial charge < -0.3 is 5.32 Å². The summed E-state index contributed by atoms with van der Waals surface area (Å²) in [7, 11) is 0. The lowest BCUT2D eigenvalue weighted by atomic mass is 10.1. The molecule has 14 heavy (non-hydrogen) atoms. The van der Waals surface area contributed by atoms with E-state index in [1.165, 1.54) is 5.56 Å². The Balaban J connectivity index is 2.43. The van der Waals surface area contributed by atoms with Gasteiger partial charge in [0, 0.05) is 6.54 Å². The number of carbonyl (C=O) groups excluding carboxylic acids is 1. The molecule has 1 amide bonds. The summed E-state index contributed by atoms with van der Waals surface area (Å²) in [5.74, 6) is 2.20. The molecule has 0 spiro atoms. The molecule has 0 aliphatic carbocycles. The molecule has 0 bridgehead atoms. The average molecular weight is 187 g/mol. The van der Waals surface area contributed by atoms with E-state index in [1.807, 2.05) is 31.2 Å². The highest BCUT2D eigenvalue weighted by molar-refractivity contribution is 5.78. The highest BCUT2D eigenvalue weighted by atomic mass is 16.1. The maximum atomic E-state index is 11.0. The zero-order valence-corrected chi connectivity index (χ0v) is 8.21. The molecule has 1 rings (SSSR count). The summed E-state index contributed by atoms with van der Waals surface area (Å²) < 4.78 is 0. The van der Waals surface area contributed by atoms with Crippen molar-refractivity contribution in [1.29, 1.82) is 0 Å². The standard InChI is InChI=1S/C12H13NO/c1-3-4-12(14)13-9-11-7-5-10(2)6-8-11/h1,5-8H,4,9H2,2H3,(H,13,14). The summed E-state index contributed by atoms with van der Waals surface area (Å²) in [6.45, 7) is 2.57. The Kier molecular flexibility index (Phi) is 3.75. The third-order valence-corrected chi connectivity index (χ3v) is 1.87. The maximum Gasteiger partial charge on any atom is 0.232 e. The zero-order chi connectivity index (χ0) is 10.4. The second-order valence-electron chi connectivity index (χ2n) is 3.14. The van der Waals surface area contributed by atoms with E-state index in [-0.39, 0.29) is 12.3 Å². The van der Waals surface area contributed by atoms with Crippen LogP contribution in [-0.2, 0) is 11.3 Å². The first kappa shape index (κ1) is 10.3. The van der Waals surface area contributed by atoms with E-state index in [1.54, 1.807) is 0 Å². The Morgan fingerprint density at radius 3 is 2.64 bits per heavy atom. The minimum atomic E-state index is -0.104. The summed E-state index contributed by atoms with van der Waals surface area (Å²) in [4.78, 5) is 11.0. The second kappa shape index (κ2) is 5.08. The van der Waals surface area contributed by atoms with Crippen molar-refractivity contribution in [2.24, 2.45) is 0 Å². The third kappa shape index (κ3) is 3.32. The monoisotopic (exact) mass is 187 g/mol. The van der Waals surface area contributed by atoms with Gasteiger partial charge in [0.2, 0.25) is 5.91 Å². The van der Waals surface area contributed by atoms with Crippen LogP contribution in [0.1, 0.15) is 17.5 Å². The lowest BCUT2D eigenvalue weighted by Crippen LogP contribution is -2.21. The Bertz CT molecular complexity index is 346. The quantitative estimate of drug-likeness (QED) is 0.716. The molecular weight excluding hydrogens is 174 g/mol. The Morgan fingerprint density at radius 1 is 1.43 bits per heavy atom. The van der Waals surface area contributed by atoms with Crippen molar-refractivity contribution in [3.63, 3.8) is 0 Å². The van der Waals surface area contributed by atoms with Crippen LogP contribution in [0.25, 0.3) is 0 Å². The fourth-order valence-electron chi connectivity index (χ4n) is 1.06. The summed E-state index contributed by atoms with van der Waals surface area (Å²) >= 11 is 0. The van der Waals surface area contributed by atoms with Gasteiger partial charge in [-0.2, -0.15) is 0 Å². The van der Waals surface area contributed by atoms with E-state index in [4.69, 9.17) is 6.42 Å². The van der Waals surface area contributed by atoms with Gasteiger partial charge in [0.1, 0.15) is 0 Å². The number of amides is 1. The van der Waals surface area contributed by atoms with Crippen molar-refractivity contribution >= 4 is 5.91 Å². The molecule has 0 aromatic heterocycles. The van der Waals surface area contributed by atoms with Gasteiger partial charge in [-0.25, -0.2) is 0 Å². The smallest absolute Gasteiger partial charge is 0.232 e.